The van der Waals surface area contributed by atoms with E-state index < -0.39 is 11.7 Å². The molecule has 4 heterocycles. The standard InChI is InChI=1S/C26H25FN8O2/c1-3-24(37)31-23-15-18(6-8-28-23)35-9-7-22(36)19-16-29-26(32-25(19)35)30-21-5-4-17(14-20(21)27)34-12-10-33(2)11-13-34/h3-9,14-16H,1,10-13H2,2H3,(H,28,31,37)(H,29,30,32). The van der Waals surface area contributed by atoms with Crippen LogP contribution in [0.25, 0.3) is 16.7 Å². The fraction of sp³-hybridized carbons (Fsp3) is 0.192. The van der Waals surface area contributed by atoms with Gasteiger partial charge in [0.2, 0.25) is 11.9 Å². The summed E-state index contributed by atoms with van der Waals surface area (Å²) in [4.78, 5) is 41.4. The topological polar surface area (TPSA) is 108 Å². The number of likely N-dealkylation sites (N-methyl/N-ethyl adjacent to an activating group) is 1. The molecule has 0 bridgehead atoms. The van der Waals surface area contributed by atoms with Crippen molar-refractivity contribution in [1.82, 2.24) is 24.4 Å². The number of carbonyl (C=O) groups is 1. The summed E-state index contributed by atoms with van der Waals surface area (Å²) in [5.74, 6) is -0.386. The highest BCUT2D eigenvalue weighted by Gasteiger charge is 2.16. The van der Waals surface area contributed by atoms with Gasteiger partial charge < -0.3 is 25.0 Å². The number of nitrogens with zero attached hydrogens (tertiary/aromatic N) is 6. The first-order chi connectivity index (χ1) is 17.9. The molecular weight excluding hydrogens is 475 g/mol. The van der Waals surface area contributed by atoms with E-state index in [0.717, 1.165) is 37.9 Å². The number of benzene rings is 1. The molecule has 0 radical (unpaired) electrons. The summed E-state index contributed by atoms with van der Waals surface area (Å²) < 4.78 is 16.7. The van der Waals surface area contributed by atoms with Crippen LogP contribution in [0.2, 0.25) is 0 Å². The maximum atomic E-state index is 15.0. The summed E-state index contributed by atoms with van der Waals surface area (Å²) in [6, 6.07) is 9.77. The summed E-state index contributed by atoms with van der Waals surface area (Å²) in [7, 11) is 2.07. The van der Waals surface area contributed by atoms with Crippen molar-refractivity contribution in [2.24, 2.45) is 0 Å². The van der Waals surface area contributed by atoms with Gasteiger partial charge in [0.25, 0.3) is 0 Å². The van der Waals surface area contributed by atoms with Crippen LogP contribution < -0.4 is 21.0 Å². The zero-order valence-corrected chi connectivity index (χ0v) is 20.2. The monoisotopic (exact) mass is 500 g/mol. The Labute approximate surface area is 212 Å². The minimum absolute atomic E-state index is 0.132. The van der Waals surface area contributed by atoms with Crippen LogP contribution in [0.5, 0.6) is 0 Å². The second-order valence-electron chi connectivity index (χ2n) is 8.65. The number of carbonyl (C=O) groups excluding carboxylic acids is 1. The molecule has 1 aliphatic rings. The third kappa shape index (κ3) is 5.16. The average Bonchev–Trinajstić information content (AvgIpc) is 2.90. The molecule has 1 aromatic carbocycles. The highest BCUT2D eigenvalue weighted by atomic mass is 19.1. The summed E-state index contributed by atoms with van der Waals surface area (Å²) in [6.45, 7) is 6.95. The predicted octanol–water partition coefficient (Wildman–Crippen LogP) is 2.93. The lowest BCUT2D eigenvalue weighted by molar-refractivity contribution is -0.111. The van der Waals surface area contributed by atoms with Gasteiger partial charge >= 0.3 is 0 Å². The third-order valence-corrected chi connectivity index (χ3v) is 6.16. The maximum Gasteiger partial charge on any atom is 0.248 e. The fourth-order valence-electron chi connectivity index (χ4n) is 4.10. The van der Waals surface area contributed by atoms with Crippen molar-refractivity contribution in [3.8, 4) is 5.69 Å². The van der Waals surface area contributed by atoms with Gasteiger partial charge in [0, 0.05) is 62.6 Å². The zero-order chi connectivity index (χ0) is 25.9. The molecule has 5 rings (SSSR count). The van der Waals surface area contributed by atoms with Crippen LogP contribution in [0.15, 0.2) is 72.4 Å². The molecule has 0 unspecified atom stereocenters. The Morgan fingerprint density at radius 2 is 1.89 bits per heavy atom. The molecule has 1 fully saturated rings. The molecule has 2 N–H and O–H groups in total. The average molecular weight is 501 g/mol. The van der Waals surface area contributed by atoms with E-state index in [1.807, 2.05) is 6.07 Å². The summed E-state index contributed by atoms with van der Waals surface area (Å²) in [5, 5.41) is 5.82. The van der Waals surface area contributed by atoms with Gasteiger partial charge in [-0.25, -0.2) is 14.4 Å². The largest absolute Gasteiger partial charge is 0.369 e. The van der Waals surface area contributed by atoms with Crippen molar-refractivity contribution < 1.29 is 9.18 Å². The minimum atomic E-state index is -0.428. The number of amides is 1. The number of pyridine rings is 2. The molecule has 10 nitrogen and oxygen atoms in total. The molecule has 0 aliphatic carbocycles. The second kappa shape index (κ2) is 10.2. The highest BCUT2D eigenvalue weighted by Crippen LogP contribution is 2.25. The van der Waals surface area contributed by atoms with Crippen LogP contribution in [0.1, 0.15) is 0 Å². The van der Waals surface area contributed by atoms with Crippen molar-refractivity contribution in [1.29, 1.82) is 0 Å². The number of piperazine rings is 1. The summed E-state index contributed by atoms with van der Waals surface area (Å²) in [5.41, 5.74) is 1.70. The second-order valence-corrected chi connectivity index (χ2v) is 8.65. The fourth-order valence-corrected chi connectivity index (χ4v) is 4.10. The molecular formula is C26H25FN8O2. The number of rotatable bonds is 6. The van der Waals surface area contributed by atoms with Crippen LogP contribution in [0, 0.1) is 5.82 Å². The van der Waals surface area contributed by atoms with E-state index in [1.165, 1.54) is 24.5 Å². The van der Waals surface area contributed by atoms with Crippen LogP contribution in [-0.4, -0.2) is 63.6 Å². The first-order valence-electron chi connectivity index (χ1n) is 11.7. The first kappa shape index (κ1) is 24.1. The van der Waals surface area contributed by atoms with Gasteiger partial charge in [-0.2, -0.15) is 4.98 Å². The van der Waals surface area contributed by atoms with Gasteiger partial charge in [-0.05, 0) is 37.4 Å². The molecule has 1 saturated heterocycles. The normalized spacial score (nSPS) is 13.9. The van der Waals surface area contributed by atoms with E-state index in [0.29, 0.717) is 17.2 Å². The van der Waals surface area contributed by atoms with E-state index in [4.69, 9.17) is 0 Å². The number of nitrogens with one attached hydrogen (secondary N) is 2. The van der Waals surface area contributed by atoms with Crippen molar-refractivity contribution in [3.63, 3.8) is 0 Å². The minimum Gasteiger partial charge on any atom is -0.369 e. The summed E-state index contributed by atoms with van der Waals surface area (Å²) in [6.07, 6.45) is 5.64. The molecule has 188 valence electrons. The van der Waals surface area contributed by atoms with Gasteiger partial charge in [0.05, 0.1) is 16.8 Å². The number of hydrogen-bond acceptors (Lipinski definition) is 8. The van der Waals surface area contributed by atoms with Crippen LogP contribution in [0.4, 0.5) is 27.5 Å². The quantitative estimate of drug-likeness (QED) is 0.389. The van der Waals surface area contributed by atoms with E-state index in [1.54, 1.807) is 29.0 Å². The number of fused-ring (bicyclic) bond motifs is 1. The van der Waals surface area contributed by atoms with Gasteiger partial charge in [0.15, 0.2) is 11.1 Å². The smallest absolute Gasteiger partial charge is 0.248 e. The Morgan fingerprint density at radius 3 is 2.65 bits per heavy atom. The molecule has 3 aromatic heterocycles. The molecule has 11 heteroatoms. The lowest BCUT2D eigenvalue weighted by Gasteiger charge is -2.34. The molecule has 0 atom stereocenters. The van der Waals surface area contributed by atoms with Crippen LogP contribution >= 0.6 is 0 Å². The third-order valence-electron chi connectivity index (χ3n) is 6.16. The first-order valence-corrected chi connectivity index (χ1v) is 11.7. The number of anilines is 4. The Morgan fingerprint density at radius 1 is 1.08 bits per heavy atom. The van der Waals surface area contributed by atoms with Crippen LogP contribution in [0.3, 0.4) is 0 Å². The van der Waals surface area contributed by atoms with Gasteiger partial charge in [-0.1, -0.05) is 6.58 Å². The van der Waals surface area contributed by atoms with Gasteiger partial charge in [-0.15, -0.1) is 0 Å². The maximum absolute atomic E-state index is 15.0. The van der Waals surface area contributed by atoms with Crippen molar-refractivity contribution in [2.45, 2.75) is 0 Å². The van der Waals surface area contributed by atoms with Gasteiger partial charge in [-0.3, -0.25) is 9.59 Å². The number of aromatic nitrogens is 4. The van der Waals surface area contributed by atoms with E-state index in [9.17, 15) is 9.59 Å². The van der Waals surface area contributed by atoms with E-state index in [-0.39, 0.29) is 22.5 Å². The highest BCUT2D eigenvalue weighted by molar-refractivity contribution is 5.98. The zero-order valence-electron chi connectivity index (χ0n) is 20.2. The molecule has 1 amide bonds. The SMILES string of the molecule is C=CC(=O)Nc1cc(-n2ccc(=O)c3cnc(Nc4ccc(N5CCN(C)CC5)cc4F)nc32)ccn1. The van der Waals surface area contributed by atoms with Crippen molar-refractivity contribution in [2.75, 3.05) is 48.8 Å². The predicted molar refractivity (Wildman–Crippen MR) is 141 cm³/mol. The molecule has 1 aliphatic heterocycles. The van der Waals surface area contributed by atoms with Crippen molar-refractivity contribution in [3.05, 3.63) is 83.7 Å². The molecule has 0 saturated carbocycles. The lowest BCUT2D eigenvalue weighted by atomic mass is 10.2. The molecule has 37 heavy (non-hydrogen) atoms. The lowest BCUT2D eigenvalue weighted by Crippen LogP contribution is -2.44. The Kier molecular flexibility index (Phi) is 6.60. The summed E-state index contributed by atoms with van der Waals surface area (Å²) >= 11 is 0. The number of hydrogen-bond donors (Lipinski definition) is 2. The van der Waals surface area contributed by atoms with Gasteiger partial charge in [0.1, 0.15) is 11.6 Å². The van der Waals surface area contributed by atoms with E-state index in [2.05, 4.69) is 49.0 Å². The Hall–Kier alpha value is -4.64. The molecule has 0 spiro atoms. The van der Waals surface area contributed by atoms with Crippen LogP contribution in [-0.2, 0) is 4.79 Å². The Balaban J connectivity index is 1.46. The number of halogens is 1. The van der Waals surface area contributed by atoms with E-state index >= 15 is 4.39 Å². The van der Waals surface area contributed by atoms with Crippen molar-refractivity contribution >= 4 is 40.1 Å². The molecule has 4 aromatic rings. The Bertz CT molecular complexity index is 1550.